The Kier molecular flexibility index (Phi) is 5.13. The van der Waals surface area contributed by atoms with Crippen LogP contribution in [0.1, 0.15) is 18.1 Å². The van der Waals surface area contributed by atoms with Crippen LogP contribution in [0.4, 0.5) is 16.2 Å². The zero-order valence-corrected chi connectivity index (χ0v) is 18.3. The van der Waals surface area contributed by atoms with E-state index in [0.29, 0.717) is 25.3 Å². The van der Waals surface area contributed by atoms with Gasteiger partial charge in [-0.3, -0.25) is 29.9 Å². The van der Waals surface area contributed by atoms with Gasteiger partial charge >= 0.3 is 6.03 Å². The van der Waals surface area contributed by atoms with Crippen LogP contribution < -0.4 is 20.9 Å². The molecule has 2 aromatic carbocycles. The van der Waals surface area contributed by atoms with Gasteiger partial charge in [-0.25, -0.2) is 4.79 Å². The molecule has 1 spiro atoms. The Bertz CT molecular complexity index is 1130. The maximum Gasteiger partial charge on any atom is 0.328 e. The lowest BCUT2D eigenvalue weighted by Crippen LogP contribution is -2.74. The molecule has 3 heterocycles. The number of fused-ring (bicyclic) bond motifs is 4. The number of carbonyl (C=O) groups excluding carboxylic acids is 4. The van der Waals surface area contributed by atoms with Gasteiger partial charge in [-0.1, -0.05) is 30.3 Å². The number of anilines is 2. The lowest BCUT2D eigenvalue weighted by molar-refractivity contribution is -0.147. The van der Waals surface area contributed by atoms with Crippen molar-refractivity contribution in [2.24, 2.45) is 5.41 Å². The number of carbonyl (C=O) groups is 4. The number of amides is 5. The first-order valence-corrected chi connectivity index (χ1v) is 11.0. The van der Waals surface area contributed by atoms with Gasteiger partial charge in [0, 0.05) is 44.5 Å². The molecule has 2 aromatic rings. The van der Waals surface area contributed by atoms with E-state index in [4.69, 9.17) is 0 Å². The zero-order valence-electron chi connectivity index (χ0n) is 18.3. The van der Waals surface area contributed by atoms with Gasteiger partial charge in [0.25, 0.3) is 0 Å². The molecule has 2 saturated heterocycles. The summed E-state index contributed by atoms with van der Waals surface area (Å²) in [7, 11) is 0. The highest BCUT2D eigenvalue weighted by Gasteiger charge is 2.60. The minimum Gasteiger partial charge on any atom is -0.364 e. The smallest absolute Gasteiger partial charge is 0.328 e. The van der Waals surface area contributed by atoms with Gasteiger partial charge < -0.3 is 10.2 Å². The van der Waals surface area contributed by atoms with Crippen LogP contribution in [-0.2, 0) is 27.3 Å². The van der Waals surface area contributed by atoms with Gasteiger partial charge in [-0.2, -0.15) is 0 Å². The minimum absolute atomic E-state index is 0.140. The highest BCUT2D eigenvalue weighted by atomic mass is 16.2. The summed E-state index contributed by atoms with van der Waals surface area (Å²) in [6, 6.07) is 14.4. The van der Waals surface area contributed by atoms with Gasteiger partial charge in [0.1, 0.15) is 0 Å². The van der Waals surface area contributed by atoms with Crippen molar-refractivity contribution in [2.75, 3.05) is 29.9 Å². The van der Waals surface area contributed by atoms with E-state index in [1.807, 2.05) is 36.4 Å². The second-order valence-electron chi connectivity index (χ2n) is 8.84. The number of rotatable bonds is 3. The summed E-state index contributed by atoms with van der Waals surface area (Å²) in [6.07, 6.45) is 0.140. The first-order valence-electron chi connectivity index (χ1n) is 11.0. The highest BCUT2D eigenvalue weighted by molar-refractivity contribution is 6.20. The van der Waals surface area contributed by atoms with E-state index in [2.05, 4.69) is 37.9 Å². The summed E-state index contributed by atoms with van der Waals surface area (Å²) in [4.78, 5) is 54.3. The van der Waals surface area contributed by atoms with Crippen molar-refractivity contribution in [1.29, 1.82) is 0 Å². The van der Waals surface area contributed by atoms with Gasteiger partial charge in [0.05, 0.1) is 6.04 Å². The summed E-state index contributed by atoms with van der Waals surface area (Å²) in [5, 5.41) is 7.40. The first-order chi connectivity index (χ1) is 15.9. The first kappa shape index (κ1) is 21.1. The molecule has 5 rings (SSSR count). The van der Waals surface area contributed by atoms with Crippen LogP contribution >= 0.6 is 0 Å². The van der Waals surface area contributed by atoms with Crippen LogP contribution in [0, 0.1) is 5.41 Å². The predicted molar refractivity (Wildman–Crippen MR) is 121 cm³/mol. The molecule has 0 unspecified atom stereocenters. The zero-order chi connectivity index (χ0) is 23.2. The maximum atomic E-state index is 13.3. The molecule has 9 heteroatoms. The number of hydrogen-bond acceptors (Lipinski definition) is 6. The number of nitrogens with one attached hydrogen (secondary N) is 3. The van der Waals surface area contributed by atoms with Crippen molar-refractivity contribution in [2.45, 2.75) is 25.9 Å². The fourth-order valence-electron chi connectivity index (χ4n) is 5.27. The van der Waals surface area contributed by atoms with Gasteiger partial charge in [-0.05, 0) is 35.7 Å². The van der Waals surface area contributed by atoms with Crippen LogP contribution in [0.2, 0.25) is 0 Å². The third kappa shape index (κ3) is 3.64. The SMILES string of the molecule is CC(=O)Nc1ccc2c(c1)CC1(C(=O)NC(=O)NC1=O)[C@@H]1CN(Cc3ccccc3)CCN21. The average Bonchev–Trinajstić information content (AvgIpc) is 2.77. The van der Waals surface area contributed by atoms with Crippen LogP contribution in [-0.4, -0.2) is 54.3 Å². The van der Waals surface area contributed by atoms with Crippen molar-refractivity contribution in [1.82, 2.24) is 15.5 Å². The van der Waals surface area contributed by atoms with E-state index >= 15 is 0 Å². The molecule has 3 N–H and O–H groups in total. The molecule has 170 valence electrons. The van der Waals surface area contributed by atoms with Crippen LogP contribution in [0.15, 0.2) is 48.5 Å². The molecule has 3 aliphatic heterocycles. The molecule has 1 atom stereocenters. The number of urea groups is 1. The normalized spacial score (nSPS) is 21.7. The maximum absolute atomic E-state index is 13.3. The topological polar surface area (TPSA) is 111 Å². The third-order valence-corrected chi connectivity index (χ3v) is 6.73. The van der Waals surface area contributed by atoms with Crippen LogP contribution in [0.3, 0.4) is 0 Å². The van der Waals surface area contributed by atoms with Gasteiger partial charge in [0.2, 0.25) is 17.7 Å². The fourth-order valence-corrected chi connectivity index (χ4v) is 5.27. The Morgan fingerprint density at radius 3 is 2.48 bits per heavy atom. The Labute approximate surface area is 191 Å². The van der Waals surface area contributed by atoms with E-state index in [1.165, 1.54) is 6.92 Å². The Morgan fingerprint density at radius 2 is 1.79 bits per heavy atom. The molecule has 33 heavy (non-hydrogen) atoms. The van der Waals surface area contributed by atoms with Crippen molar-refractivity contribution in [3.05, 3.63) is 59.7 Å². The molecule has 2 fully saturated rings. The van der Waals surface area contributed by atoms with Gasteiger partial charge in [-0.15, -0.1) is 0 Å². The predicted octanol–water partition coefficient (Wildman–Crippen LogP) is 1.24. The Hall–Kier alpha value is -3.72. The largest absolute Gasteiger partial charge is 0.364 e. The van der Waals surface area contributed by atoms with E-state index in [1.54, 1.807) is 0 Å². The van der Waals surface area contributed by atoms with E-state index in [0.717, 1.165) is 23.4 Å². The van der Waals surface area contributed by atoms with E-state index in [-0.39, 0.29) is 12.3 Å². The molecule has 5 amide bonds. The molecule has 0 bridgehead atoms. The number of nitrogens with zero attached hydrogens (tertiary/aromatic N) is 2. The minimum atomic E-state index is -1.45. The molecular formula is C24H25N5O4. The number of imide groups is 2. The highest BCUT2D eigenvalue weighted by Crippen LogP contribution is 2.45. The molecular weight excluding hydrogens is 422 g/mol. The van der Waals surface area contributed by atoms with Crippen LogP contribution in [0.5, 0.6) is 0 Å². The lowest BCUT2D eigenvalue weighted by atomic mass is 9.68. The number of hydrogen-bond donors (Lipinski definition) is 3. The lowest BCUT2D eigenvalue weighted by Gasteiger charge is -2.54. The van der Waals surface area contributed by atoms with E-state index in [9.17, 15) is 19.2 Å². The monoisotopic (exact) mass is 447 g/mol. The Morgan fingerprint density at radius 1 is 1.06 bits per heavy atom. The second kappa shape index (κ2) is 8.00. The summed E-state index contributed by atoms with van der Waals surface area (Å²) >= 11 is 0. The van der Waals surface area contributed by atoms with Crippen molar-refractivity contribution in [3.63, 3.8) is 0 Å². The fraction of sp³-hybridized carbons (Fsp3) is 0.333. The average molecular weight is 447 g/mol. The molecule has 0 saturated carbocycles. The third-order valence-electron chi connectivity index (χ3n) is 6.73. The summed E-state index contributed by atoms with van der Waals surface area (Å²) < 4.78 is 0. The number of barbiturate groups is 1. The Balaban J connectivity index is 1.54. The van der Waals surface area contributed by atoms with Gasteiger partial charge in [0.15, 0.2) is 5.41 Å². The molecule has 0 aliphatic carbocycles. The summed E-state index contributed by atoms with van der Waals surface area (Å²) in [6.45, 7) is 4.02. The number of piperazine rings is 1. The molecule has 9 nitrogen and oxygen atoms in total. The van der Waals surface area contributed by atoms with E-state index < -0.39 is 29.3 Å². The van der Waals surface area contributed by atoms with Crippen molar-refractivity contribution in [3.8, 4) is 0 Å². The van der Waals surface area contributed by atoms with Crippen LogP contribution in [0.25, 0.3) is 0 Å². The van der Waals surface area contributed by atoms with Crippen molar-refractivity contribution >= 4 is 35.1 Å². The van der Waals surface area contributed by atoms with Crippen molar-refractivity contribution < 1.29 is 19.2 Å². The molecule has 0 aromatic heterocycles. The quantitative estimate of drug-likeness (QED) is 0.611. The molecule has 3 aliphatic rings. The molecule has 0 radical (unpaired) electrons. The summed E-state index contributed by atoms with van der Waals surface area (Å²) in [5.41, 5.74) is 2.03. The second-order valence-corrected chi connectivity index (χ2v) is 8.84. The number of benzene rings is 2. The summed E-state index contributed by atoms with van der Waals surface area (Å²) in [5.74, 6) is -1.36. The standard InChI is InChI=1S/C24H25N5O4/c1-15(30)25-18-7-8-19-17(11-18)12-24(21(31)26-23(33)27-22(24)32)20-14-28(9-10-29(19)20)13-16-5-3-2-4-6-16/h2-8,11,20H,9-10,12-14H2,1H3,(H,25,30)(H2,26,27,31,32,33)/t20-/m0/s1.